The number of aryl methyl sites for hydroxylation is 2. The molecule has 0 saturated carbocycles. The minimum atomic E-state index is 0.0228. The lowest BCUT2D eigenvalue weighted by Gasteiger charge is -2.28. The molecule has 1 atom stereocenters. The summed E-state index contributed by atoms with van der Waals surface area (Å²) in [6.45, 7) is 8.82. The van der Waals surface area contributed by atoms with Crippen molar-refractivity contribution in [3.05, 3.63) is 29.3 Å². The highest BCUT2D eigenvalue weighted by Crippen LogP contribution is 2.19. The maximum absolute atomic E-state index is 12.1. The molecule has 128 valence electrons. The Morgan fingerprint density at radius 3 is 2.48 bits per heavy atom. The van der Waals surface area contributed by atoms with Crippen LogP contribution < -0.4 is 10.1 Å². The molecule has 1 aromatic rings. The van der Waals surface area contributed by atoms with E-state index in [1.54, 1.807) is 0 Å². The van der Waals surface area contributed by atoms with Gasteiger partial charge in [-0.3, -0.25) is 4.79 Å². The standard InChI is InChI=1S/C19H30N2O2/c1-14-9-15(2)11-18(10-14)23-13-16(3)20-19(22)12-17-5-7-21(4)8-6-17/h9-11,16-17H,5-8,12-13H2,1-4H3,(H,20,22)/t16-/m0/s1. The number of likely N-dealkylation sites (tertiary alicyclic amines) is 1. The van der Waals surface area contributed by atoms with Crippen LogP contribution in [0.15, 0.2) is 18.2 Å². The first-order chi connectivity index (χ1) is 10.9. The minimum Gasteiger partial charge on any atom is -0.491 e. The van der Waals surface area contributed by atoms with Crippen molar-refractivity contribution in [1.29, 1.82) is 0 Å². The van der Waals surface area contributed by atoms with Crippen molar-refractivity contribution in [2.75, 3.05) is 26.7 Å². The zero-order chi connectivity index (χ0) is 16.8. The van der Waals surface area contributed by atoms with Gasteiger partial charge in [0.2, 0.25) is 5.91 Å². The number of amides is 1. The molecule has 1 heterocycles. The monoisotopic (exact) mass is 318 g/mol. The van der Waals surface area contributed by atoms with E-state index in [-0.39, 0.29) is 11.9 Å². The van der Waals surface area contributed by atoms with E-state index in [1.165, 1.54) is 11.1 Å². The van der Waals surface area contributed by atoms with Crippen LogP contribution in [0.25, 0.3) is 0 Å². The summed E-state index contributed by atoms with van der Waals surface area (Å²) in [6, 6.07) is 6.20. The molecule has 4 nitrogen and oxygen atoms in total. The molecule has 1 fully saturated rings. The number of carbonyl (C=O) groups excluding carboxylic acids is 1. The lowest BCUT2D eigenvalue weighted by atomic mass is 9.93. The summed E-state index contributed by atoms with van der Waals surface area (Å²) >= 11 is 0. The van der Waals surface area contributed by atoms with E-state index in [0.717, 1.165) is 31.7 Å². The van der Waals surface area contributed by atoms with Crippen molar-refractivity contribution in [3.63, 3.8) is 0 Å². The lowest BCUT2D eigenvalue weighted by molar-refractivity contribution is -0.123. The lowest BCUT2D eigenvalue weighted by Crippen LogP contribution is -2.39. The molecule has 0 aliphatic carbocycles. The number of nitrogens with one attached hydrogen (secondary N) is 1. The largest absolute Gasteiger partial charge is 0.491 e. The smallest absolute Gasteiger partial charge is 0.220 e. The number of ether oxygens (including phenoxy) is 1. The van der Waals surface area contributed by atoms with Gasteiger partial charge in [0, 0.05) is 6.42 Å². The third-order valence-electron chi connectivity index (χ3n) is 4.41. The Hall–Kier alpha value is -1.55. The summed E-state index contributed by atoms with van der Waals surface area (Å²) in [5.41, 5.74) is 2.39. The third-order valence-corrected chi connectivity index (χ3v) is 4.41. The number of carbonyl (C=O) groups is 1. The molecule has 1 saturated heterocycles. The number of hydrogen-bond acceptors (Lipinski definition) is 3. The molecule has 1 aliphatic heterocycles. The molecule has 0 unspecified atom stereocenters. The molecule has 1 aromatic carbocycles. The summed E-state index contributed by atoms with van der Waals surface area (Å²) < 4.78 is 5.81. The molecule has 0 radical (unpaired) electrons. The Labute approximate surface area is 140 Å². The number of nitrogens with zero attached hydrogens (tertiary/aromatic N) is 1. The first kappa shape index (κ1) is 17.8. The summed E-state index contributed by atoms with van der Waals surface area (Å²) in [7, 11) is 2.14. The predicted octanol–water partition coefficient (Wildman–Crippen LogP) is 2.92. The van der Waals surface area contributed by atoms with E-state index in [0.29, 0.717) is 18.9 Å². The third kappa shape index (κ3) is 6.22. The molecule has 0 aromatic heterocycles. The fraction of sp³-hybridized carbons (Fsp3) is 0.632. The molecule has 1 aliphatic rings. The van der Waals surface area contributed by atoms with Gasteiger partial charge in [-0.1, -0.05) is 6.07 Å². The second-order valence-electron chi connectivity index (χ2n) is 7.05. The van der Waals surface area contributed by atoms with Gasteiger partial charge >= 0.3 is 0 Å². The fourth-order valence-corrected chi connectivity index (χ4v) is 3.14. The van der Waals surface area contributed by atoms with Crippen molar-refractivity contribution in [2.24, 2.45) is 5.92 Å². The number of piperidine rings is 1. The summed E-state index contributed by atoms with van der Waals surface area (Å²) in [5.74, 6) is 1.55. The van der Waals surface area contributed by atoms with Gasteiger partial charge in [-0.25, -0.2) is 0 Å². The number of rotatable bonds is 6. The fourth-order valence-electron chi connectivity index (χ4n) is 3.14. The van der Waals surface area contributed by atoms with Crippen LogP contribution in [0.1, 0.15) is 37.3 Å². The van der Waals surface area contributed by atoms with Crippen LogP contribution in [0.5, 0.6) is 5.75 Å². The van der Waals surface area contributed by atoms with E-state index in [9.17, 15) is 4.79 Å². The topological polar surface area (TPSA) is 41.6 Å². The van der Waals surface area contributed by atoms with Crippen LogP contribution in [0.3, 0.4) is 0 Å². The maximum Gasteiger partial charge on any atom is 0.220 e. The maximum atomic E-state index is 12.1. The molecule has 23 heavy (non-hydrogen) atoms. The van der Waals surface area contributed by atoms with E-state index in [1.807, 2.05) is 19.1 Å². The normalized spacial score (nSPS) is 17.7. The molecule has 1 N–H and O–H groups in total. The van der Waals surface area contributed by atoms with Gasteiger partial charge in [-0.15, -0.1) is 0 Å². The number of hydrogen-bond donors (Lipinski definition) is 1. The highest BCUT2D eigenvalue weighted by Gasteiger charge is 2.20. The van der Waals surface area contributed by atoms with Crippen LogP contribution in [0.4, 0.5) is 0 Å². The Bertz CT molecular complexity index is 502. The van der Waals surface area contributed by atoms with E-state index in [2.05, 4.69) is 37.2 Å². The van der Waals surface area contributed by atoms with E-state index < -0.39 is 0 Å². The first-order valence-electron chi connectivity index (χ1n) is 8.61. The highest BCUT2D eigenvalue weighted by atomic mass is 16.5. The number of benzene rings is 1. The first-order valence-corrected chi connectivity index (χ1v) is 8.61. The van der Waals surface area contributed by atoms with Crippen molar-refractivity contribution in [3.8, 4) is 5.75 Å². The highest BCUT2D eigenvalue weighted by molar-refractivity contribution is 5.76. The molecule has 0 bridgehead atoms. The van der Waals surface area contributed by atoms with Crippen LogP contribution in [0, 0.1) is 19.8 Å². The van der Waals surface area contributed by atoms with Crippen LogP contribution in [-0.2, 0) is 4.79 Å². The summed E-state index contributed by atoms with van der Waals surface area (Å²) in [6.07, 6.45) is 2.89. The Kier molecular flexibility index (Phi) is 6.46. The second kappa shape index (κ2) is 8.34. The molecule has 0 spiro atoms. The van der Waals surface area contributed by atoms with Crippen LogP contribution >= 0.6 is 0 Å². The van der Waals surface area contributed by atoms with Crippen molar-refractivity contribution in [1.82, 2.24) is 10.2 Å². The molecule has 4 heteroatoms. The minimum absolute atomic E-state index is 0.0228. The molecular weight excluding hydrogens is 288 g/mol. The van der Waals surface area contributed by atoms with Gasteiger partial charge < -0.3 is 15.0 Å². The molecule has 2 rings (SSSR count). The summed E-state index contributed by atoms with van der Waals surface area (Å²) in [5, 5.41) is 3.06. The van der Waals surface area contributed by atoms with Gasteiger partial charge in [0.15, 0.2) is 0 Å². The second-order valence-corrected chi connectivity index (χ2v) is 7.05. The van der Waals surface area contributed by atoms with Crippen molar-refractivity contribution < 1.29 is 9.53 Å². The Morgan fingerprint density at radius 2 is 1.87 bits per heavy atom. The zero-order valence-electron chi connectivity index (χ0n) is 14.9. The zero-order valence-corrected chi connectivity index (χ0v) is 14.9. The van der Waals surface area contributed by atoms with Gasteiger partial charge in [0.1, 0.15) is 12.4 Å². The van der Waals surface area contributed by atoms with E-state index in [4.69, 9.17) is 4.74 Å². The average Bonchev–Trinajstić information content (AvgIpc) is 2.46. The average molecular weight is 318 g/mol. The van der Waals surface area contributed by atoms with Gasteiger partial charge in [-0.2, -0.15) is 0 Å². The van der Waals surface area contributed by atoms with Gasteiger partial charge in [0.05, 0.1) is 6.04 Å². The van der Waals surface area contributed by atoms with Gasteiger partial charge in [-0.05, 0) is 82.9 Å². The van der Waals surface area contributed by atoms with Crippen LogP contribution in [0.2, 0.25) is 0 Å². The van der Waals surface area contributed by atoms with Crippen molar-refractivity contribution in [2.45, 2.75) is 46.1 Å². The SMILES string of the molecule is Cc1cc(C)cc(OC[C@H](C)NC(=O)CC2CCN(C)CC2)c1. The quantitative estimate of drug-likeness (QED) is 0.877. The Balaban J connectivity index is 1.71. The Morgan fingerprint density at radius 1 is 1.26 bits per heavy atom. The molecule has 1 amide bonds. The molecular formula is C19H30N2O2. The van der Waals surface area contributed by atoms with Crippen molar-refractivity contribution >= 4 is 5.91 Å². The van der Waals surface area contributed by atoms with Crippen LogP contribution in [-0.4, -0.2) is 43.6 Å². The van der Waals surface area contributed by atoms with Gasteiger partial charge in [0.25, 0.3) is 0 Å². The summed E-state index contributed by atoms with van der Waals surface area (Å²) in [4.78, 5) is 14.5. The van der Waals surface area contributed by atoms with E-state index >= 15 is 0 Å². The predicted molar refractivity (Wildman–Crippen MR) is 93.9 cm³/mol.